The zero-order chi connectivity index (χ0) is 23.5. The molecular formula is C26H24FN3O3S. The van der Waals surface area contributed by atoms with Gasteiger partial charge in [-0.25, -0.2) is 9.37 Å². The van der Waals surface area contributed by atoms with E-state index < -0.39 is 0 Å². The molecule has 6 nitrogen and oxygen atoms in total. The topological polar surface area (TPSA) is 58.8 Å². The Morgan fingerprint density at radius 3 is 2.41 bits per heavy atom. The van der Waals surface area contributed by atoms with E-state index in [1.165, 1.54) is 12.1 Å². The van der Waals surface area contributed by atoms with Gasteiger partial charge in [-0.3, -0.25) is 9.69 Å². The number of hydrogen-bond donors (Lipinski definition) is 0. The molecule has 174 valence electrons. The van der Waals surface area contributed by atoms with Crippen LogP contribution < -0.4 is 4.74 Å². The van der Waals surface area contributed by atoms with E-state index in [1.807, 2.05) is 29.2 Å². The van der Waals surface area contributed by atoms with Crippen LogP contribution in [0.5, 0.6) is 5.75 Å². The zero-order valence-corrected chi connectivity index (χ0v) is 19.6. The largest absolute Gasteiger partial charge is 0.497 e. The van der Waals surface area contributed by atoms with E-state index in [0.29, 0.717) is 24.6 Å². The van der Waals surface area contributed by atoms with E-state index in [0.717, 1.165) is 47.2 Å². The van der Waals surface area contributed by atoms with Crippen LogP contribution in [0.2, 0.25) is 0 Å². The third kappa shape index (κ3) is 4.88. The monoisotopic (exact) mass is 477 g/mol. The van der Waals surface area contributed by atoms with Crippen LogP contribution in [0.3, 0.4) is 0 Å². The zero-order valence-electron chi connectivity index (χ0n) is 18.7. The number of nitrogens with zero attached hydrogens (tertiary/aromatic N) is 3. The van der Waals surface area contributed by atoms with Crippen LogP contribution in [0.15, 0.2) is 70.5 Å². The smallest absolute Gasteiger partial charge is 0.289 e. The Balaban J connectivity index is 1.16. The van der Waals surface area contributed by atoms with Crippen molar-refractivity contribution in [3.8, 4) is 27.6 Å². The Bertz CT molecular complexity index is 1260. The van der Waals surface area contributed by atoms with Gasteiger partial charge in [-0.2, -0.15) is 0 Å². The van der Waals surface area contributed by atoms with Crippen molar-refractivity contribution in [2.45, 2.75) is 6.54 Å². The minimum absolute atomic E-state index is 0.122. The average Bonchev–Trinajstić information content (AvgIpc) is 3.55. The second-order valence-corrected chi connectivity index (χ2v) is 8.97. The second kappa shape index (κ2) is 9.79. The fourth-order valence-electron chi connectivity index (χ4n) is 3.96. The molecule has 0 bridgehead atoms. The molecule has 8 heteroatoms. The summed E-state index contributed by atoms with van der Waals surface area (Å²) in [6.07, 6.45) is 0. The van der Waals surface area contributed by atoms with E-state index >= 15 is 0 Å². The number of furan rings is 1. The van der Waals surface area contributed by atoms with Gasteiger partial charge in [0.1, 0.15) is 22.3 Å². The molecule has 4 aromatic rings. The van der Waals surface area contributed by atoms with Crippen LogP contribution in [0.1, 0.15) is 16.2 Å². The molecule has 2 aromatic carbocycles. The summed E-state index contributed by atoms with van der Waals surface area (Å²) >= 11 is 1.63. The molecule has 0 aliphatic carbocycles. The van der Waals surface area contributed by atoms with Crippen molar-refractivity contribution in [1.82, 2.24) is 14.8 Å². The maximum absolute atomic E-state index is 13.1. The average molecular weight is 478 g/mol. The molecular weight excluding hydrogens is 453 g/mol. The van der Waals surface area contributed by atoms with Gasteiger partial charge in [0.05, 0.1) is 12.8 Å². The SMILES string of the molecule is COc1ccc(-c2nc(CN3CCN(C(=O)c4ccc(-c5ccc(F)cc5)o4)CC3)cs2)cc1. The maximum Gasteiger partial charge on any atom is 0.289 e. The molecule has 0 spiro atoms. The summed E-state index contributed by atoms with van der Waals surface area (Å²) in [4.78, 5) is 21.8. The van der Waals surface area contributed by atoms with Crippen LogP contribution in [0.25, 0.3) is 21.9 Å². The van der Waals surface area contributed by atoms with E-state index in [2.05, 4.69) is 10.3 Å². The first-order valence-electron chi connectivity index (χ1n) is 11.1. The van der Waals surface area contributed by atoms with Crippen LogP contribution in [-0.2, 0) is 6.54 Å². The Kier molecular flexibility index (Phi) is 6.42. The second-order valence-electron chi connectivity index (χ2n) is 8.11. The molecule has 1 aliphatic rings. The number of carbonyl (C=O) groups excluding carboxylic acids is 1. The predicted octanol–water partition coefficient (Wildman–Crippen LogP) is 5.18. The first kappa shape index (κ1) is 22.3. The number of rotatable bonds is 6. The highest BCUT2D eigenvalue weighted by Gasteiger charge is 2.25. The molecule has 3 heterocycles. The number of ether oxygens (including phenoxy) is 1. The van der Waals surface area contributed by atoms with Gasteiger partial charge in [0, 0.05) is 49.2 Å². The van der Waals surface area contributed by atoms with E-state index in [1.54, 1.807) is 42.7 Å². The summed E-state index contributed by atoms with van der Waals surface area (Å²) in [7, 11) is 1.66. The molecule has 0 radical (unpaired) electrons. The number of thiazole rings is 1. The van der Waals surface area contributed by atoms with Crippen LogP contribution >= 0.6 is 11.3 Å². The van der Waals surface area contributed by atoms with Gasteiger partial charge in [0.25, 0.3) is 5.91 Å². The molecule has 0 atom stereocenters. The number of benzene rings is 2. The van der Waals surface area contributed by atoms with Crippen LogP contribution in [0.4, 0.5) is 4.39 Å². The van der Waals surface area contributed by atoms with Gasteiger partial charge in [0.2, 0.25) is 0 Å². The van der Waals surface area contributed by atoms with Gasteiger partial charge >= 0.3 is 0 Å². The Labute approximate surface area is 201 Å². The first-order valence-corrected chi connectivity index (χ1v) is 11.9. The fraction of sp³-hybridized carbons (Fsp3) is 0.231. The lowest BCUT2D eigenvalue weighted by molar-refractivity contribution is 0.0597. The number of piperazine rings is 1. The van der Waals surface area contributed by atoms with Crippen molar-refractivity contribution in [3.63, 3.8) is 0 Å². The van der Waals surface area contributed by atoms with E-state index in [4.69, 9.17) is 14.1 Å². The minimum atomic E-state index is -0.306. The van der Waals surface area contributed by atoms with Crippen molar-refractivity contribution in [3.05, 3.63) is 83.3 Å². The van der Waals surface area contributed by atoms with Crippen molar-refractivity contribution in [1.29, 1.82) is 0 Å². The summed E-state index contributed by atoms with van der Waals surface area (Å²) in [5.41, 5.74) is 2.85. The van der Waals surface area contributed by atoms with Gasteiger partial charge in [-0.15, -0.1) is 11.3 Å². The van der Waals surface area contributed by atoms with E-state index in [-0.39, 0.29) is 11.7 Å². The molecule has 0 unspecified atom stereocenters. The Morgan fingerprint density at radius 1 is 1.00 bits per heavy atom. The van der Waals surface area contributed by atoms with Gasteiger partial charge in [-0.05, 0) is 60.7 Å². The maximum atomic E-state index is 13.1. The highest BCUT2D eigenvalue weighted by molar-refractivity contribution is 7.13. The lowest BCUT2D eigenvalue weighted by Gasteiger charge is -2.33. The number of hydrogen-bond acceptors (Lipinski definition) is 6. The summed E-state index contributed by atoms with van der Waals surface area (Å²) in [5, 5.41) is 3.08. The fourth-order valence-corrected chi connectivity index (χ4v) is 4.78. The Morgan fingerprint density at radius 2 is 1.71 bits per heavy atom. The summed E-state index contributed by atoms with van der Waals surface area (Å²) in [5.74, 6) is 1.26. The first-order chi connectivity index (χ1) is 16.6. The van der Waals surface area contributed by atoms with Gasteiger partial charge < -0.3 is 14.1 Å². The summed E-state index contributed by atoms with van der Waals surface area (Å²) < 4.78 is 24.1. The normalized spacial score (nSPS) is 14.4. The number of halogens is 1. The highest BCUT2D eigenvalue weighted by Crippen LogP contribution is 2.27. The molecule has 34 heavy (non-hydrogen) atoms. The van der Waals surface area contributed by atoms with Crippen LogP contribution in [0, 0.1) is 5.82 Å². The molecule has 1 aliphatic heterocycles. The van der Waals surface area contributed by atoms with Gasteiger partial charge in [0.15, 0.2) is 5.76 Å². The number of carbonyl (C=O) groups is 1. The molecule has 2 aromatic heterocycles. The molecule has 1 amide bonds. The Hall–Kier alpha value is -3.49. The quantitative estimate of drug-likeness (QED) is 0.383. The van der Waals surface area contributed by atoms with Crippen LogP contribution in [-0.4, -0.2) is 54.0 Å². The summed E-state index contributed by atoms with van der Waals surface area (Å²) in [6.45, 7) is 3.55. The minimum Gasteiger partial charge on any atom is -0.497 e. The molecule has 5 rings (SSSR count). The highest BCUT2D eigenvalue weighted by atomic mass is 32.1. The lowest BCUT2D eigenvalue weighted by atomic mass is 10.2. The number of methoxy groups -OCH3 is 1. The van der Waals surface area contributed by atoms with Crippen molar-refractivity contribution >= 4 is 17.2 Å². The third-order valence-corrected chi connectivity index (χ3v) is 6.82. The number of amides is 1. The standard InChI is InChI=1S/C26H24FN3O3S/c1-32-22-8-4-19(5-9-22)25-28-21(17-34-25)16-29-12-14-30(15-13-29)26(31)24-11-10-23(33-24)18-2-6-20(27)7-3-18/h2-11,17H,12-16H2,1H3. The van der Waals surface area contributed by atoms with Crippen molar-refractivity contribution in [2.75, 3.05) is 33.3 Å². The number of aromatic nitrogens is 1. The lowest BCUT2D eigenvalue weighted by Crippen LogP contribution is -2.48. The third-order valence-electron chi connectivity index (χ3n) is 5.88. The molecule has 0 N–H and O–H groups in total. The van der Waals surface area contributed by atoms with Gasteiger partial charge in [-0.1, -0.05) is 0 Å². The molecule has 1 fully saturated rings. The van der Waals surface area contributed by atoms with E-state index in [9.17, 15) is 9.18 Å². The molecule has 1 saturated heterocycles. The predicted molar refractivity (Wildman–Crippen MR) is 129 cm³/mol. The molecule has 0 saturated carbocycles. The summed E-state index contributed by atoms with van der Waals surface area (Å²) in [6, 6.07) is 17.4. The van der Waals surface area contributed by atoms with Crippen molar-refractivity contribution < 1.29 is 18.3 Å². The van der Waals surface area contributed by atoms with Crippen molar-refractivity contribution in [2.24, 2.45) is 0 Å².